The summed E-state index contributed by atoms with van der Waals surface area (Å²) in [5.41, 5.74) is 2.55. The zero-order valence-electron chi connectivity index (χ0n) is 28.6. The SMILES string of the molecule is CCC(=O)CCC(=O)OC[C@@H]1CN(C(c2ccccc2)(c2ccccc2)c2ccccc2)C[C@H](n2ccc(CC(=O)c3ccccc3)nc2=O)O1. The summed E-state index contributed by atoms with van der Waals surface area (Å²) in [6, 6.07) is 41.1. The maximum absolute atomic E-state index is 13.7. The first-order valence-corrected chi connectivity index (χ1v) is 17.3. The second-order valence-corrected chi connectivity index (χ2v) is 12.6. The number of aromatic nitrogens is 2. The Bertz CT molecular complexity index is 1890. The van der Waals surface area contributed by atoms with Crippen molar-refractivity contribution in [2.75, 3.05) is 19.7 Å². The number of carbonyl (C=O) groups is 3. The highest BCUT2D eigenvalue weighted by Gasteiger charge is 2.46. The van der Waals surface area contributed by atoms with Gasteiger partial charge in [0.1, 0.15) is 18.5 Å². The topological polar surface area (TPSA) is 108 Å². The molecule has 1 aliphatic rings. The van der Waals surface area contributed by atoms with E-state index in [1.807, 2.05) is 60.7 Å². The molecular weight excluding hydrogens is 642 g/mol. The molecule has 9 nitrogen and oxygen atoms in total. The van der Waals surface area contributed by atoms with Crippen LogP contribution in [0.25, 0.3) is 0 Å². The second-order valence-electron chi connectivity index (χ2n) is 12.6. The summed E-state index contributed by atoms with van der Waals surface area (Å²) in [7, 11) is 0. The van der Waals surface area contributed by atoms with Crippen LogP contribution in [0, 0.1) is 0 Å². The van der Waals surface area contributed by atoms with Crippen LogP contribution in [0.5, 0.6) is 0 Å². The van der Waals surface area contributed by atoms with E-state index in [1.54, 1.807) is 43.5 Å². The van der Waals surface area contributed by atoms with Gasteiger partial charge in [0, 0.05) is 37.7 Å². The van der Waals surface area contributed by atoms with Gasteiger partial charge in [-0.25, -0.2) is 4.79 Å². The Morgan fingerprint density at radius 1 is 0.765 bits per heavy atom. The second kappa shape index (κ2) is 16.5. The van der Waals surface area contributed by atoms with Gasteiger partial charge in [0.2, 0.25) is 0 Å². The molecule has 2 heterocycles. The molecule has 51 heavy (non-hydrogen) atoms. The molecule has 0 amide bonds. The highest BCUT2D eigenvalue weighted by molar-refractivity contribution is 5.97. The molecule has 0 spiro atoms. The number of esters is 1. The Labute approximate surface area is 297 Å². The molecule has 6 rings (SSSR count). The van der Waals surface area contributed by atoms with Crippen molar-refractivity contribution in [3.05, 3.63) is 172 Å². The van der Waals surface area contributed by atoms with Gasteiger partial charge in [-0.15, -0.1) is 0 Å². The normalized spacial score (nSPS) is 16.3. The van der Waals surface area contributed by atoms with Gasteiger partial charge in [0.05, 0.1) is 24.1 Å². The van der Waals surface area contributed by atoms with Crippen LogP contribution in [0.4, 0.5) is 0 Å². The van der Waals surface area contributed by atoms with Crippen LogP contribution in [0.15, 0.2) is 138 Å². The lowest BCUT2D eigenvalue weighted by molar-refractivity contribution is -0.170. The first-order chi connectivity index (χ1) is 24.9. The number of hydrogen-bond acceptors (Lipinski definition) is 8. The molecule has 0 bridgehead atoms. The van der Waals surface area contributed by atoms with E-state index in [4.69, 9.17) is 9.47 Å². The number of Topliss-reactive ketones (excluding diaryl/α,β-unsaturated/α-hetero) is 2. The first kappa shape index (κ1) is 35.3. The molecule has 4 aromatic carbocycles. The van der Waals surface area contributed by atoms with Crippen LogP contribution < -0.4 is 5.69 Å². The van der Waals surface area contributed by atoms with Gasteiger partial charge in [0.15, 0.2) is 12.0 Å². The number of ether oxygens (including phenoxy) is 2. The molecule has 2 atom stereocenters. The Kier molecular flexibility index (Phi) is 11.4. The van der Waals surface area contributed by atoms with E-state index in [0.29, 0.717) is 24.2 Å². The van der Waals surface area contributed by atoms with Crippen LogP contribution in [-0.4, -0.2) is 57.8 Å². The van der Waals surface area contributed by atoms with Crippen LogP contribution >= 0.6 is 0 Å². The number of hydrogen-bond donors (Lipinski definition) is 0. The zero-order chi connectivity index (χ0) is 35.6. The molecular formula is C42H41N3O6. The molecule has 1 saturated heterocycles. The van der Waals surface area contributed by atoms with Gasteiger partial charge >= 0.3 is 11.7 Å². The summed E-state index contributed by atoms with van der Waals surface area (Å²) >= 11 is 0. The maximum atomic E-state index is 13.7. The van der Waals surface area contributed by atoms with Crippen molar-refractivity contribution < 1.29 is 23.9 Å². The van der Waals surface area contributed by atoms with Crippen molar-refractivity contribution in [1.82, 2.24) is 14.5 Å². The molecule has 0 saturated carbocycles. The van der Waals surface area contributed by atoms with Crippen LogP contribution in [-0.2, 0) is 31.0 Å². The predicted octanol–water partition coefficient (Wildman–Crippen LogP) is 6.16. The number of carbonyl (C=O) groups excluding carboxylic acids is 3. The Morgan fingerprint density at radius 3 is 1.84 bits per heavy atom. The maximum Gasteiger partial charge on any atom is 0.349 e. The fourth-order valence-electron chi connectivity index (χ4n) is 6.75. The number of ketones is 2. The predicted molar refractivity (Wildman–Crippen MR) is 193 cm³/mol. The highest BCUT2D eigenvalue weighted by atomic mass is 16.6. The lowest BCUT2D eigenvalue weighted by Gasteiger charge is -2.50. The van der Waals surface area contributed by atoms with Crippen molar-refractivity contribution in [2.24, 2.45) is 0 Å². The van der Waals surface area contributed by atoms with E-state index in [2.05, 4.69) is 46.3 Å². The molecule has 0 radical (unpaired) electrons. The molecule has 9 heteroatoms. The van der Waals surface area contributed by atoms with E-state index in [1.165, 1.54) is 4.57 Å². The number of rotatable bonds is 14. The average molecular weight is 684 g/mol. The molecule has 0 unspecified atom stereocenters. The van der Waals surface area contributed by atoms with Gasteiger partial charge < -0.3 is 9.47 Å². The summed E-state index contributed by atoms with van der Waals surface area (Å²) in [5, 5.41) is 0. The van der Waals surface area contributed by atoms with Gasteiger partial charge in [-0.1, -0.05) is 128 Å². The molecule has 260 valence electrons. The quantitative estimate of drug-likeness (QED) is 0.0778. The largest absolute Gasteiger partial charge is 0.463 e. The molecule has 1 fully saturated rings. The monoisotopic (exact) mass is 683 g/mol. The first-order valence-electron chi connectivity index (χ1n) is 17.3. The number of nitrogens with zero attached hydrogens (tertiary/aromatic N) is 3. The average Bonchev–Trinajstić information content (AvgIpc) is 3.18. The lowest BCUT2D eigenvalue weighted by Crippen LogP contribution is -2.58. The van der Waals surface area contributed by atoms with E-state index >= 15 is 0 Å². The van der Waals surface area contributed by atoms with Gasteiger partial charge in [-0.3, -0.25) is 23.9 Å². The minimum atomic E-state index is -0.833. The number of benzene rings is 4. The van der Waals surface area contributed by atoms with Crippen molar-refractivity contribution >= 4 is 17.5 Å². The van der Waals surface area contributed by atoms with E-state index in [9.17, 15) is 19.2 Å². The summed E-state index contributed by atoms with van der Waals surface area (Å²) in [5.74, 6) is -0.631. The summed E-state index contributed by atoms with van der Waals surface area (Å²) < 4.78 is 13.7. The Hall–Kier alpha value is -5.51. The van der Waals surface area contributed by atoms with E-state index < -0.39 is 29.5 Å². The third kappa shape index (κ3) is 8.11. The summed E-state index contributed by atoms with van der Waals surface area (Å²) in [6.45, 7) is 2.31. The highest BCUT2D eigenvalue weighted by Crippen LogP contribution is 2.44. The van der Waals surface area contributed by atoms with E-state index in [0.717, 1.165) is 16.7 Å². The van der Waals surface area contributed by atoms with Crippen LogP contribution in [0.1, 0.15) is 65.2 Å². The molecule has 0 N–H and O–H groups in total. The zero-order valence-corrected chi connectivity index (χ0v) is 28.6. The van der Waals surface area contributed by atoms with Gasteiger partial charge in [-0.2, -0.15) is 4.98 Å². The van der Waals surface area contributed by atoms with Crippen molar-refractivity contribution in [2.45, 2.75) is 50.5 Å². The van der Waals surface area contributed by atoms with Gasteiger partial charge in [-0.05, 0) is 22.8 Å². The molecule has 1 aromatic heterocycles. The standard InChI is InChI=1S/C42H41N3O6/c1-2-36(46)23-24-40(48)50-30-37-28-44(29-39(51-37)45-26-25-35(43-41(45)49)27-38(47)31-15-7-3-8-16-31)42(32-17-9-4-10-18-32,33-19-11-5-12-20-33)34-21-13-6-14-22-34/h3-22,25-26,37,39H,2,23-24,27-30H2,1H3/t37-,39+/m0/s1. The minimum Gasteiger partial charge on any atom is -0.463 e. The van der Waals surface area contributed by atoms with E-state index in [-0.39, 0.29) is 44.0 Å². The lowest BCUT2D eigenvalue weighted by atomic mass is 9.75. The third-order valence-corrected chi connectivity index (χ3v) is 9.27. The summed E-state index contributed by atoms with van der Waals surface area (Å²) in [4.78, 5) is 57.8. The molecule has 5 aromatic rings. The molecule has 0 aliphatic carbocycles. The fourth-order valence-corrected chi connectivity index (χ4v) is 6.75. The van der Waals surface area contributed by atoms with Crippen LogP contribution in [0.3, 0.4) is 0 Å². The van der Waals surface area contributed by atoms with Crippen molar-refractivity contribution in [3.63, 3.8) is 0 Å². The van der Waals surface area contributed by atoms with Gasteiger partial charge in [0.25, 0.3) is 0 Å². The van der Waals surface area contributed by atoms with Crippen molar-refractivity contribution in [3.8, 4) is 0 Å². The van der Waals surface area contributed by atoms with Crippen molar-refractivity contribution in [1.29, 1.82) is 0 Å². The third-order valence-electron chi connectivity index (χ3n) is 9.27. The van der Waals surface area contributed by atoms with Crippen LogP contribution in [0.2, 0.25) is 0 Å². The molecule has 1 aliphatic heterocycles. The minimum absolute atomic E-state index is 0.00809. The fraction of sp³-hybridized carbons (Fsp3) is 0.262. The number of morpholine rings is 1. The summed E-state index contributed by atoms with van der Waals surface area (Å²) in [6.07, 6.45) is 0.602. The Balaban J connectivity index is 1.39. The smallest absolute Gasteiger partial charge is 0.349 e. The Morgan fingerprint density at radius 2 is 1.31 bits per heavy atom.